The number of carbonyl (C=O) groups is 1. The van der Waals surface area contributed by atoms with E-state index >= 15 is 0 Å². The minimum atomic E-state index is -0.294. The second kappa shape index (κ2) is 4.09. The zero-order valence-corrected chi connectivity index (χ0v) is 9.01. The van der Waals surface area contributed by atoms with E-state index in [0.29, 0.717) is 0 Å². The predicted octanol–water partition coefficient (Wildman–Crippen LogP) is 0.785. The third kappa shape index (κ3) is 1.90. The van der Waals surface area contributed by atoms with Crippen molar-refractivity contribution in [3.05, 3.63) is 35.7 Å². The molecule has 1 aromatic heterocycles. The van der Waals surface area contributed by atoms with Gasteiger partial charge < -0.3 is 4.90 Å². The molecule has 0 fully saturated rings. The maximum absolute atomic E-state index is 11.8. The highest BCUT2D eigenvalue weighted by Gasteiger charge is 2.17. The molecular formula is C10H11N5O. The summed E-state index contributed by atoms with van der Waals surface area (Å²) in [6.07, 6.45) is 0. The van der Waals surface area contributed by atoms with Crippen molar-refractivity contribution in [2.45, 2.75) is 6.92 Å². The van der Waals surface area contributed by atoms with Gasteiger partial charge in [-0.3, -0.25) is 4.79 Å². The molecule has 0 aliphatic carbocycles. The van der Waals surface area contributed by atoms with E-state index in [4.69, 9.17) is 0 Å². The summed E-state index contributed by atoms with van der Waals surface area (Å²) in [5.74, 6) is -0.235. The quantitative estimate of drug-likeness (QED) is 0.806. The average Bonchev–Trinajstić information content (AvgIpc) is 2.81. The van der Waals surface area contributed by atoms with Crippen LogP contribution in [0.4, 0.5) is 5.69 Å². The number of nitrogens with one attached hydrogen (secondary N) is 1. The topological polar surface area (TPSA) is 74.8 Å². The van der Waals surface area contributed by atoms with Crippen molar-refractivity contribution in [1.82, 2.24) is 20.6 Å². The number of benzene rings is 1. The number of tetrazole rings is 1. The Morgan fingerprint density at radius 3 is 2.56 bits per heavy atom. The van der Waals surface area contributed by atoms with Crippen molar-refractivity contribution in [3.8, 4) is 0 Å². The van der Waals surface area contributed by atoms with Gasteiger partial charge in [-0.05, 0) is 24.3 Å². The number of hydrogen-bond donors (Lipinski definition) is 1. The summed E-state index contributed by atoms with van der Waals surface area (Å²) < 4.78 is 0. The Kier molecular flexibility index (Phi) is 2.63. The molecule has 6 nitrogen and oxygen atoms in total. The third-order valence-corrected chi connectivity index (χ3v) is 2.26. The lowest BCUT2D eigenvalue weighted by Crippen LogP contribution is -2.27. The molecule has 0 atom stereocenters. The zero-order valence-electron chi connectivity index (χ0n) is 9.01. The van der Waals surface area contributed by atoms with Crippen molar-refractivity contribution in [2.24, 2.45) is 0 Å². The molecule has 6 heteroatoms. The maximum atomic E-state index is 11.8. The third-order valence-electron chi connectivity index (χ3n) is 2.26. The first kappa shape index (κ1) is 10.3. The van der Waals surface area contributed by atoms with Gasteiger partial charge in [-0.15, -0.1) is 10.2 Å². The Hall–Kier alpha value is -2.24. The van der Waals surface area contributed by atoms with E-state index < -0.39 is 0 Å². The smallest absolute Gasteiger partial charge is 0.299 e. The van der Waals surface area contributed by atoms with Gasteiger partial charge in [-0.1, -0.05) is 17.7 Å². The van der Waals surface area contributed by atoms with E-state index in [0.717, 1.165) is 11.3 Å². The number of amides is 1. The largest absolute Gasteiger partial charge is 0.309 e. The van der Waals surface area contributed by atoms with Crippen LogP contribution in [0.15, 0.2) is 24.3 Å². The summed E-state index contributed by atoms with van der Waals surface area (Å²) in [6, 6.07) is 7.62. The normalized spacial score (nSPS) is 10.1. The van der Waals surface area contributed by atoms with Gasteiger partial charge in [-0.2, -0.15) is 5.21 Å². The van der Waals surface area contributed by atoms with E-state index in [2.05, 4.69) is 20.6 Å². The summed E-state index contributed by atoms with van der Waals surface area (Å²) in [5.41, 5.74) is 1.93. The van der Waals surface area contributed by atoms with Gasteiger partial charge in [-0.25, -0.2) is 0 Å². The van der Waals surface area contributed by atoms with E-state index in [9.17, 15) is 4.79 Å². The van der Waals surface area contributed by atoms with E-state index in [1.54, 1.807) is 7.05 Å². The lowest BCUT2D eigenvalue weighted by Gasteiger charge is -2.15. The van der Waals surface area contributed by atoms with Crippen LogP contribution in [0.1, 0.15) is 16.2 Å². The summed E-state index contributed by atoms with van der Waals surface area (Å²) >= 11 is 0. The van der Waals surface area contributed by atoms with Gasteiger partial charge in [0, 0.05) is 12.7 Å². The van der Waals surface area contributed by atoms with Crippen molar-refractivity contribution >= 4 is 11.6 Å². The molecule has 0 saturated heterocycles. The van der Waals surface area contributed by atoms with Crippen LogP contribution in [0.25, 0.3) is 0 Å². The van der Waals surface area contributed by atoms with Crippen LogP contribution < -0.4 is 4.90 Å². The fraction of sp³-hybridized carbons (Fsp3) is 0.200. The Morgan fingerprint density at radius 2 is 2.00 bits per heavy atom. The van der Waals surface area contributed by atoms with Crippen LogP contribution >= 0.6 is 0 Å². The second-order valence-corrected chi connectivity index (χ2v) is 3.44. The standard InChI is InChI=1S/C10H11N5O/c1-7-3-5-8(6-4-7)15(2)10(16)9-11-13-14-12-9/h3-6H,1-2H3,(H,11,12,13,14). The molecule has 1 heterocycles. The molecule has 16 heavy (non-hydrogen) atoms. The zero-order chi connectivity index (χ0) is 11.5. The number of rotatable bonds is 2. The van der Waals surface area contributed by atoms with Crippen LogP contribution in [0.2, 0.25) is 0 Å². The maximum Gasteiger partial charge on any atom is 0.299 e. The molecule has 82 valence electrons. The summed E-state index contributed by atoms with van der Waals surface area (Å²) in [6.45, 7) is 1.99. The van der Waals surface area contributed by atoms with Crippen molar-refractivity contribution in [2.75, 3.05) is 11.9 Å². The molecule has 0 spiro atoms. The first-order chi connectivity index (χ1) is 7.68. The predicted molar refractivity (Wildman–Crippen MR) is 58.1 cm³/mol. The summed E-state index contributed by atoms with van der Waals surface area (Å²) in [7, 11) is 1.67. The van der Waals surface area contributed by atoms with Gasteiger partial charge in [0.25, 0.3) is 11.7 Å². The fourth-order valence-electron chi connectivity index (χ4n) is 1.29. The molecule has 0 radical (unpaired) electrons. The minimum absolute atomic E-state index is 0.0584. The summed E-state index contributed by atoms with van der Waals surface area (Å²) in [4.78, 5) is 13.3. The first-order valence-corrected chi connectivity index (χ1v) is 4.76. The lowest BCUT2D eigenvalue weighted by atomic mass is 10.2. The number of nitrogens with zero attached hydrogens (tertiary/aromatic N) is 4. The fourth-order valence-corrected chi connectivity index (χ4v) is 1.29. The minimum Gasteiger partial charge on any atom is -0.309 e. The number of aromatic nitrogens is 4. The molecule has 2 aromatic rings. The highest BCUT2D eigenvalue weighted by molar-refractivity contribution is 6.02. The molecule has 1 N–H and O–H groups in total. The Labute approximate surface area is 92.3 Å². The molecule has 1 amide bonds. The van der Waals surface area contributed by atoms with E-state index in [-0.39, 0.29) is 11.7 Å². The molecule has 1 aromatic carbocycles. The van der Waals surface area contributed by atoms with Gasteiger partial charge >= 0.3 is 0 Å². The lowest BCUT2D eigenvalue weighted by molar-refractivity contribution is 0.0983. The molecule has 0 saturated carbocycles. The molecule has 0 aliphatic rings. The molecule has 2 rings (SSSR count). The molecule has 0 aliphatic heterocycles. The van der Waals surface area contributed by atoms with Gasteiger partial charge in [0.1, 0.15) is 0 Å². The van der Waals surface area contributed by atoms with E-state index in [1.165, 1.54) is 4.90 Å². The van der Waals surface area contributed by atoms with Crippen molar-refractivity contribution < 1.29 is 4.79 Å². The van der Waals surface area contributed by atoms with Crippen LogP contribution in [0.5, 0.6) is 0 Å². The van der Waals surface area contributed by atoms with Crippen LogP contribution in [0.3, 0.4) is 0 Å². The van der Waals surface area contributed by atoms with E-state index in [1.807, 2.05) is 31.2 Å². The Morgan fingerprint density at radius 1 is 1.31 bits per heavy atom. The van der Waals surface area contributed by atoms with Crippen molar-refractivity contribution in [3.63, 3.8) is 0 Å². The number of H-pyrrole nitrogens is 1. The summed E-state index contributed by atoms with van der Waals surface area (Å²) in [5, 5.41) is 12.9. The average molecular weight is 217 g/mol. The second-order valence-electron chi connectivity index (χ2n) is 3.44. The highest BCUT2D eigenvalue weighted by atomic mass is 16.2. The number of hydrogen-bond acceptors (Lipinski definition) is 4. The Bertz CT molecular complexity index is 476. The SMILES string of the molecule is Cc1ccc(N(C)C(=O)c2nn[nH]n2)cc1. The van der Waals surface area contributed by atoms with Gasteiger partial charge in [0.05, 0.1) is 0 Å². The van der Waals surface area contributed by atoms with Crippen molar-refractivity contribution in [1.29, 1.82) is 0 Å². The van der Waals surface area contributed by atoms with Crippen LogP contribution in [-0.4, -0.2) is 33.6 Å². The number of carbonyl (C=O) groups excluding carboxylic acids is 1. The number of aryl methyl sites for hydroxylation is 1. The molecular weight excluding hydrogens is 206 g/mol. The Balaban J connectivity index is 2.22. The molecule has 0 unspecified atom stereocenters. The van der Waals surface area contributed by atoms with Gasteiger partial charge in [0.15, 0.2) is 0 Å². The van der Waals surface area contributed by atoms with Gasteiger partial charge in [0.2, 0.25) is 0 Å². The first-order valence-electron chi connectivity index (χ1n) is 4.76. The highest BCUT2D eigenvalue weighted by Crippen LogP contribution is 2.14. The number of aromatic amines is 1. The van der Waals surface area contributed by atoms with Crippen LogP contribution in [-0.2, 0) is 0 Å². The molecule has 0 bridgehead atoms. The monoisotopic (exact) mass is 217 g/mol. The van der Waals surface area contributed by atoms with Crippen LogP contribution in [0, 0.1) is 6.92 Å². The number of anilines is 1.